The standard InChI is InChI=1S/C17H25N3O3S/c1-12-16(24-11-18-12)17(22)19-13-5-7-20(8-6-13)15(21)10-14-4-2-3-9-23-14/h11,13-14H,2-10H2,1H3,(H,19,22). The highest BCUT2D eigenvalue weighted by Gasteiger charge is 2.27. The minimum atomic E-state index is -0.0459. The third-order valence-electron chi connectivity index (χ3n) is 4.81. The Morgan fingerprint density at radius 2 is 2.12 bits per heavy atom. The maximum atomic E-state index is 12.4. The van der Waals surface area contributed by atoms with E-state index in [-0.39, 0.29) is 24.0 Å². The maximum absolute atomic E-state index is 12.4. The average Bonchev–Trinajstić information content (AvgIpc) is 3.02. The number of hydrogen-bond acceptors (Lipinski definition) is 5. The lowest BCUT2D eigenvalue weighted by molar-refractivity contribution is -0.136. The van der Waals surface area contributed by atoms with Crippen LogP contribution in [0.5, 0.6) is 0 Å². The van der Waals surface area contributed by atoms with Crippen molar-refractivity contribution in [3.05, 3.63) is 16.1 Å². The highest BCUT2D eigenvalue weighted by atomic mass is 32.1. The zero-order valence-electron chi connectivity index (χ0n) is 14.1. The normalized spacial score (nSPS) is 22.4. The molecule has 3 heterocycles. The van der Waals surface area contributed by atoms with Crippen molar-refractivity contribution < 1.29 is 14.3 Å². The lowest BCUT2D eigenvalue weighted by atomic mass is 10.0. The molecule has 0 spiro atoms. The average molecular weight is 351 g/mol. The lowest BCUT2D eigenvalue weighted by Gasteiger charge is -2.33. The number of nitrogens with zero attached hydrogens (tertiary/aromatic N) is 2. The molecule has 0 bridgehead atoms. The van der Waals surface area contributed by atoms with Gasteiger partial charge in [0, 0.05) is 25.7 Å². The topological polar surface area (TPSA) is 71.5 Å². The summed E-state index contributed by atoms with van der Waals surface area (Å²) < 4.78 is 5.66. The summed E-state index contributed by atoms with van der Waals surface area (Å²) in [5.41, 5.74) is 2.47. The van der Waals surface area contributed by atoms with Gasteiger partial charge in [-0.15, -0.1) is 11.3 Å². The van der Waals surface area contributed by atoms with Crippen LogP contribution in [0, 0.1) is 6.92 Å². The number of nitrogens with one attached hydrogen (secondary N) is 1. The first-order chi connectivity index (χ1) is 11.6. The second-order valence-electron chi connectivity index (χ2n) is 6.59. The fraction of sp³-hybridized carbons (Fsp3) is 0.706. The Morgan fingerprint density at radius 1 is 1.33 bits per heavy atom. The van der Waals surface area contributed by atoms with Crippen LogP contribution in [-0.4, -0.2) is 53.5 Å². The Labute approximate surface area is 146 Å². The van der Waals surface area contributed by atoms with Gasteiger partial charge in [-0.1, -0.05) is 0 Å². The van der Waals surface area contributed by atoms with Crippen LogP contribution < -0.4 is 5.32 Å². The SMILES string of the molecule is Cc1ncsc1C(=O)NC1CCN(C(=O)CC2CCCCO2)CC1. The molecule has 1 N–H and O–H groups in total. The summed E-state index contributed by atoms with van der Waals surface area (Å²) in [5, 5.41) is 3.07. The molecular weight excluding hydrogens is 326 g/mol. The predicted octanol–water partition coefficient (Wildman–Crippen LogP) is 2.13. The van der Waals surface area contributed by atoms with E-state index in [4.69, 9.17) is 4.74 Å². The summed E-state index contributed by atoms with van der Waals surface area (Å²) in [6.45, 7) is 4.04. The first-order valence-corrected chi connectivity index (χ1v) is 9.62. The van der Waals surface area contributed by atoms with E-state index in [1.165, 1.54) is 11.3 Å². The Balaban J connectivity index is 1.42. The van der Waals surface area contributed by atoms with Gasteiger partial charge in [-0.3, -0.25) is 9.59 Å². The van der Waals surface area contributed by atoms with Crippen LogP contribution in [0.25, 0.3) is 0 Å². The van der Waals surface area contributed by atoms with Crippen molar-refractivity contribution in [1.29, 1.82) is 0 Å². The van der Waals surface area contributed by atoms with Crippen molar-refractivity contribution >= 4 is 23.2 Å². The molecule has 1 aromatic heterocycles. The Bertz CT molecular complexity index is 575. The fourth-order valence-electron chi connectivity index (χ4n) is 3.34. The molecule has 1 atom stereocenters. The van der Waals surface area contributed by atoms with E-state index < -0.39 is 0 Å². The number of aromatic nitrogens is 1. The fourth-order valence-corrected chi connectivity index (χ4v) is 4.04. The number of amides is 2. The third-order valence-corrected chi connectivity index (χ3v) is 5.74. The Hall–Kier alpha value is -1.47. The summed E-state index contributed by atoms with van der Waals surface area (Å²) in [7, 11) is 0. The molecule has 2 saturated heterocycles. The molecule has 0 radical (unpaired) electrons. The quantitative estimate of drug-likeness (QED) is 0.902. The molecule has 1 aromatic rings. The van der Waals surface area contributed by atoms with Crippen LogP contribution in [0.2, 0.25) is 0 Å². The van der Waals surface area contributed by atoms with Gasteiger partial charge in [0.25, 0.3) is 5.91 Å². The molecule has 7 heteroatoms. The van der Waals surface area contributed by atoms with Gasteiger partial charge in [0.05, 0.1) is 23.7 Å². The number of hydrogen-bond donors (Lipinski definition) is 1. The zero-order chi connectivity index (χ0) is 16.9. The van der Waals surface area contributed by atoms with Gasteiger partial charge in [0.15, 0.2) is 0 Å². The Morgan fingerprint density at radius 3 is 2.75 bits per heavy atom. The number of ether oxygens (including phenoxy) is 1. The van der Waals surface area contributed by atoms with E-state index in [0.29, 0.717) is 24.4 Å². The van der Waals surface area contributed by atoms with Gasteiger partial charge in [-0.25, -0.2) is 4.98 Å². The van der Waals surface area contributed by atoms with E-state index in [9.17, 15) is 9.59 Å². The van der Waals surface area contributed by atoms with Crippen LogP contribution in [0.15, 0.2) is 5.51 Å². The lowest BCUT2D eigenvalue weighted by Crippen LogP contribution is -2.47. The molecular formula is C17H25N3O3S. The summed E-state index contributed by atoms with van der Waals surface area (Å²) in [5.74, 6) is 0.139. The molecule has 132 valence electrons. The molecule has 0 aromatic carbocycles. The van der Waals surface area contributed by atoms with Gasteiger partial charge in [0.2, 0.25) is 5.91 Å². The Kier molecular flexibility index (Phi) is 5.84. The van der Waals surface area contributed by atoms with Crippen molar-refractivity contribution in [3.63, 3.8) is 0 Å². The monoisotopic (exact) mass is 351 g/mol. The first-order valence-electron chi connectivity index (χ1n) is 8.74. The minimum absolute atomic E-state index is 0.0459. The van der Waals surface area contributed by atoms with Gasteiger partial charge in [-0.05, 0) is 39.0 Å². The van der Waals surface area contributed by atoms with E-state index in [1.807, 2.05) is 11.8 Å². The summed E-state index contributed by atoms with van der Waals surface area (Å²) in [6, 6.07) is 0.133. The van der Waals surface area contributed by atoms with Crippen LogP contribution >= 0.6 is 11.3 Å². The maximum Gasteiger partial charge on any atom is 0.263 e. The van der Waals surface area contributed by atoms with Crippen molar-refractivity contribution in [1.82, 2.24) is 15.2 Å². The molecule has 2 aliphatic heterocycles. The van der Waals surface area contributed by atoms with Gasteiger partial charge >= 0.3 is 0 Å². The van der Waals surface area contributed by atoms with Crippen LogP contribution in [0.1, 0.15) is 53.9 Å². The van der Waals surface area contributed by atoms with Crippen molar-refractivity contribution in [2.24, 2.45) is 0 Å². The summed E-state index contributed by atoms with van der Waals surface area (Å²) in [6.07, 6.45) is 5.46. The van der Waals surface area contributed by atoms with E-state index in [2.05, 4.69) is 10.3 Å². The molecule has 0 aliphatic carbocycles. The number of carbonyl (C=O) groups excluding carboxylic acids is 2. The van der Waals surface area contributed by atoms with Crippen LogP contribution in [0.3, 0.4) is 0 Å². The largest absolute Gasteiger partial charge is 0.378 e. The number of carbonyl (C=O) groups is 2. The minimum Gasteiger partial charge on any atom is -0.378 e. The van der Waals surface area contributed by atoms with E-state index >= 15 is 0 Å². The van der Waals surface area contributed by atoms with Gasteiger partial charge in [-0.2, -0.15) is 0 Å². The van der Waals surface area contributed by atoms with Crippen molar-refractivity contribution in [2.75, 3.05) is 19.7 Å². The molecule has 3 rings (SSSR count). The number of thiazole rings is 1. The molecule has 0 saturated carbocycles. The number of piperidine rings is 1. The zero-order valence-corrected chi connectivity index (χ0v) is 14.9. The molecule has 2 amide bonds. The molecule has 24 heavy (non-hydrogen) atoms. The highest BCUT2D eigenvalue weighted by molar-refractivity contribution is 7.11. The predicted molar refractivity (Wildman–Crippen MR) is 92.1 cm³/mol. The number of aryl methyl sites for hydroxylation is 1. The number of rotatable bonds is 4. The smallest absolute Gasteiger partial charge is 0.263 e. The van der Waals surface area contributed by atoms with Gasteiger partial charge < -0.3 is 15.0 Å². The molecule has 2 aliphatic rings. The van der Waals surface area contributed by atoms with Crippen molar-refractivity contribution in [3.8, 4) is 0 Å². The van der Waals surface area contributed by atoms with Crippen LogP contribution in [0.4, 0.5) is 0 Å². The number of likely N-dealkylation sites (tertiary alicyclic amines) is 1. The third kappa shape index (κ3) is 4.33. The van der Waals surface area contributed by atoms with E-state index in [0.717, 1.165) is 44.4 Å². The van der Waals surface area contributed by atoms with Crippen molar-refractivity contribution in [2.45, 2.75) is 57.6 Å². The molecule has 6 nitrogen and oxygen atoms in total. The highest BCUT2D eigenvalue weighted by Crippen LogP contribution is 2.19. The molecule has 1 unspecified atom stereocenters. The molecule has 2 fully saturated rings. The first kappa shape index (κ1) is 17.4. The summed E-state index contributed by atoms with van der Waals surface area (Å²) in [4.78, 5) is 31.3. The second kappa shape index (κ2) is 8.07. The summed E-state index contributed by atoms with van der Waals surface area (Å²) >= 11 is 1.37. The second-order valence-corrected chi connectivity index (χ2v) is 7.44. The van der Waals surface area contributed by atoms with E-state index in [1.54, 1.807) is 5.51 Å². The van der Waals surface area contributed by atoms with Crippen LogP contribution in [-0.2, 0) is 9.53 Å². The van der Waals surface area contributed by atoms with Gasteiger partial charge in [0.1, 0.15) is 4.88 Å².